The number of anilines is 1. The molecule has 0 atom stereocenters. The van der Waals surface area contributed by atoms with E-state index in [2.05, 4.69) is 11.4 Å². The second-order valence-corrected chi connectivity index (χ2v) is 8.66. The average Bonchev–Trinajstić information content (AvgIpc) is 3.07. The molecule has 3 aromatic carbocycles. The Bertz CT molecular complexity index is 1260. The third-order valence-electron chi connectivity index (χ3n) is 4.97. The number of nitrogens with zero attached hydrogens (tertiary/aromatic N) is 1. The quantitative estimate of drug-likeness (QED) is 0.463. The summed E-state index contributed by atoms with van der Waals surface area (Å²) in [5, 5.41) is 2.02. The maximum Gasteiger partial charge on any atom is 0.294 e. The van der Waals surface area contributed by atoms with Crippen LogP contribution in [0, 0.1) is 12.7 Å². The van der Waals surface area contributed by atoms with Gasteiger partial charge in [-0.15, -0.1) is 0 Å². The number of ether oxygens (including phenoxy) is 1. The number of nitrogens with one attached hydrogen (secondary N) is 1. The van der Waals surface area contributed by atoms with Crippen LogP contribution in [-0.4, -0.2) is 28.5 Å². The van der Waals surface area contributed by atoms with E-state index in [4.69, 9.17) is 4.74 Å². The first-order valence-corrected chi connectivity index (χ1v) is 11.3. The topological polar surface area (TPSA) is 75.7 Å². The molecule has 1 N–H and O–H groups in total. The number of halogens is 1. The zero-order valence-electron chi connectivity index (χ0n) is 18.3. The van der Waals surface area contributed by atoms with Gasteiger partial charge in [0.1, 0.15) is 24.7 Å². The Morgan fingerprint density at radius 3 is 2.50 bits per heavy atom. The Morgan fingerprint density at radius 1 is 1.06 bits per heavy atom. The summed E-state index contributed by atoms with van der Waals surface area (Å²) >= 11 is 0.778. The molecular formula is C26H21FN2O4S. The Morgan fingerprint density at radius 2 is 1.79 bits per heavy atom. The lowest BCUT2D eigenvalue weighted by Gasteiger charge is -2.12. The Labute approximate surface area is 200 Å². The monoisotopic (exact) mass is 476 g/mol. The lowest BCUT2D eigenvalue weighted by atomic mass is 10.1. The fourth-order valence-corrected chi connectivity index (χ4v) is 4.13. The van der Waals surface area contributed by atoms with Gasteiger partial charge >= 0.3 is 0 Å². The van der Waals surface area contributed by atoms with E-state index in [1.807, 2.05) is 25.1 Å². The van der Waals surface area contributed by atoms with E-state index >= 15 is 0 Å². The number of thioether (sulfide) groups is 1. The van der Waals surface area contributed by atoms with Crippen LogP contribution in [0.4, 0.5) is 14.9 Å². The van der Waals surface area contributed by atoms with Crippen molar-refractivity contribution in [3.8, 4) is 5.75 Å². The smallest absolute Gasteiger partial charge is 0.294 e. The highest BCUT2D eigenvalue weighted by molar-refractivity contribution is 8.18. The average molecular weight is 477 g/mol. The molecule has 0 radical (unpaired) electrons. The van der Waals surface area contributed by atoms with Crippen molar-refractivity contribution >= 4 is 40.6 Å². The molecule has 3 amide bonds. The molecule has 0 unspecified atom stereocenters. The zero-order valence-corrected chi connectivity index (χ0v) is 19.1. The summed E-state index contributed by atoms with van der Waals surface area (Å²) in [5.74, 6) is -0.835. The summed E-state index contributed by atoms with van der Waals surface area (Å²) in [6.45, 7) is 2.04. The SMILES string of the molecule is Cc1cccc(COc2ccc(/C=C3\SC(=O)N(CC(=O)Nc4ccc(F)cc4)C3=O)cc2)c1. The van der Waals surface area contributed by atoms with Gasteiger partial charge in [-0.05, 0) is 72.3 Å². The predicted molar refractivity (Wildman–Crippen MR) is 130 cm³/mol. The number of aryl methyl sites for hydroxylation is 1. The largest absolute Gasteiger partial charge is 0.489 e. The van der Waals surface area contributed by atoms with Crippen molar-refractivity contribution in [2.45, 2.75) is 13.5 Å². The molecule has 1 heterocycles. The summed E-state index contributed by atoms with van der Waals surface area (Å²) < 4.78 is 18.8. The van der Waals surface area contributed by atoms with E-state index in [1.165, 1.54) is 29.8 Å². The first-order valence-electron chi connectivity index (χ1n) is 10.5. The molecule has 6 nitrogen and oxygen atoms in total. The van der Waals surface area contributed by atoms with Gasteiger partial charge in [0.15, 0.2) is 0 Å². The molecule has 4 rings (SSSR count). The number of benzene rings is 3. The van der Waals surface area contributed by atoms with Crippen LogP contribution in [0.3, 0.4) is 0 Å². The van der Waals surface area contributed by atoms with Crippen molar-refractivity contribution in [2.75, 3.05) is 11.9 Å². The van der Waals surface area contributed by atoms with Crippen LogP contribution in [0.1, 0.15) is 16.7 Å². The van der Waals surface area contributed by atoms with Gasteiger partial charge in [0, 0.05) is 5.69 Å². The van der Waals surface area contributed by atoms with Crippen LogP contribution in [0.25, 0.3) is 6.08 Å². The Kier molecular flexibility index (Phi) is 7.08. The number of amides is 3. The summed E-state index contributed by atoms with van der Waals surface area (Å²) in [6, 6.07) is 20.4. The summed E-state index contributed by atoms with van der Waals surface area (Å²) in [7, 11) is 0. The minimum absolute atomic E-state index is 0.230. The van der Waals surface area contributed by atoms with Gasteiger partial charge in [-0.3, -0.25) is 19.3 Å². The number of imide groups is 1. The van der Waals surface area contributed by atoms with E-state index < -0.39 is 29.4 Å². The molecule has 0 bridgehead atoms. The minimum atomic E-state index is -0.551. The first kappa shape index (κ1) is 23.3. The van der Waals surface area contributed by atoms with Gasteiger partial charge in [0.2, 0.25) is 5.91 Å². The maximum absolute atomic E-state index is 13.0. The van der Waals surface area contributed by atoms with Gasteiger partial charge in [0.25, 0.3) is 11.1 Å². The van der Waals surface area contributed by atoms with Crippen LogP contribution < -0.4 is 10.1 Å². The number of carbonyl (C=O) groups is 3. The number of hydrogen-bond donors (Lipinski definition) is 1. The third-order valence-corrected chi connectivity index (χ3v) is 5.88. The van der Waals surface area contributed by atoms with Crippen molar-refractivity contribution < 1.29 is 23.5 Å². The molecule has 1 saturated heterocycles. The highest BCUT2D eigenvalue weighted by Crippen LogP contribution is 2.32. The molecule has 34 heavy (non-hydrogen) atoms. The molecule has 0 aromatic heterocycles. The molecule has 1 aliphatic heterocycles. The second kappa shape index (κ2) is 10.4. The van der Waals surface area contributed by atoms with E-state index in [9.17, 15) is 18.8 Å². The van der Waals surface area contributed by atoms with Gasteiger partial charge in [-0.1, -0.05) is 42.0 Å². The Balaban J connectivity index is 1.35. The number of rotatable bonds is 7. The Hall–Kier alpha value is -3.91. The van der Waals surface area contributed by atoms with Crippen LogP contribution in [-0.2, 0) is 16.2 Å². The van der Waals surface area contributed by atoms with E-state index in [-0.39, 0.29) is 4.91 Å². The van der Waals surface area contributed by atoms with Gasteiger partial charge < -0.3 is 10.1 Å². The van der Waals surface area contributed by atoms with Crippen LogP contribution in [0.2, 0.25) is 0 Å². The molecule has 0 spiro atoms. The molecule has 0 saturated carbocycles. The molecule has 8 heteroatoms. The van der Waals surface area contributed by atoms with Gasteiger partial charge in [-0.2, -0.15) is 0 Å². The lowest BCUT2D eigenvalue weighted by Crippen LogP contribution is -2.36. The standard InChI is InChI=1S/C26H21FN2O4S/c1-17-3-2-4-19(13-17)16-33-22-11-5-18(6-12-22)14-23-25(31)29(26(32)34-23)15-24(30)28-21-9-7-20(27)8-10-21/h2-14H,15-16H2,1H3,(H,28,30)/b23-14-. The highest BCUT2D eigenvalue weighted by atomic mass is 32.2. The van der Waals surface area contributed by atoms with Crippen molar-refractivity contribution in [2.24, 2.45) is 0 Å². The minimum Gasteiger partial charge on any atom is -0.489 e. The van der Waals surface area contributed by atoms with E-state index in [0.717, 1.165) is 27.8 Å². The van der Waals surface area contributed by atoms with Crippen molar-refractivity contribution in [3.05, 3.63) is 100 Å². The van der Waals surface area contributed by atoms with Gasteiger partial charge in [-0.25, -0.2) is 4.39 Å². The van der Waals surface area contributed by atoms with E-state index in [1.54, 1.807) is 30.3 Å². The first-order chi connectivity index (χ1) is 16.4. The summed E-state index contributed by atoms with van der Waals surface area (Å²) in [4.78, 5) is 38.3. The summed E-state index contributed by atoms with van der Waals surface area (Å²) in [5.41, 5.74) is 3.34. The van der Waals surface area contributed by atoms with Crippen LogP contribution >= 0.6 is 11.8 Å². The zero-order chi connectivity index (χ0) is 24.1. The molecule has 3 aromatic rings. The van der Waals surface area contributed by atoms with Crippen LogP contribution in [0.5, 0.6) is 5.75 Å². The lowest BCUT2D eigenvalue weighted by molar-refractivity contribution is -0.127. The fraction of sp³-hybridized carbons (Fsp3) is 0.115. The number of hydrogen-bond acceptors (Lipinski definition) is 5. The van der Waals surface area contributed by atoms with Crippen LogP contribution in [0.15, 0.2) is 77.7 Å². The molecule has 1 aliphatic rings. The molecule has 172 valence electrons. The van der Waals surface area contributed by atoms with Gasteiger partial charge in [0.05, 0.1) is 4.91 Å². The molecule has 0 aliphatic carbocycles. The third kappa shape index (κ3) is 5.90. The fourth-order valence-electron chi connectivity index (χ4n) is 3.29. The highest BCUT2D eigenvalue weighted by Gasteiger charge is 2.36. The normalized spacial score (nSPS) is 14.5. The van der Waals surface area contributed by atoms with Crippen molar-refractivity contribution in [1.82, 2.24) is 4.90 Å². The van der Waals surface area contributed by atoms with E-state index in [0.29, 0.717) is 18.0 Å². The molecular weight excluding hydrogens is 455 g/mol. The van der Waals surface area contributed by atoms with Crippen molar-refractivity contribution in [1.29, 1.82) is 0 Å². The van der Waals surface area contributed by atoms with Crippen molar-refractivity contribution in [3.63, 3.8) is 0 Å². The predicted octanol–water partition coefficient (Wildman–Crippen LogP) is 5.39. The maximum atomic E-state index is 13.0. The number of carbonyl (C=O) groups excluding carboxylic acids is 3. The summed E-state index contributed by atoms with van der Waals surface area (Å²) in [6.07, 6.45) is 1.60. The molecule has 1 fully saturated rings. The second-order valence-electron chi connectivity index (χ2n) is 7.67.